The van der Waals surface area contributed by atoms with Gasteiger partial charge in [-0.25, -0.2) is 4.39 Å². The summed E-state index contributed by atoms with van der Waals surface area (Å²) in [6, 6.07) is 20.7. The highest BCUT2D eigenvalue weighted by atomic mass is 35.5. The molecule has 4 rings (SSSR count). The van der Waals surface area contributed by atoms with Crippen LogP contribution in [0.1, 0.15) is 47.8 Å². The first-order chi connectivity index (χ1) is 16.6. The fourth-order valence-electron chi connectivity index (χ4n) is 3.61. The Morgan fingerprint density at radius 1 is 0.971 bits per heavy atom. The molecule has 6 heteroatoms. The van der Waals surface area contributed by atoms with E-state index in [-0.39, 0.29) is 22.6 Å². The Bertz CT molecular complexity index is 1530. The van der Waals surface area contributed by atoms with Gasteiger partial charge in [0, 0.05) is 16.7 Å². The molecule has 3 aromatic carbocycles. The molecule has 0 spiro atoms. The molecule has 0 aliphatic rings. The molecule has 0 atom stereocenters. The first kappa shape index (κ1) is 24.8. The zero-order valence-electron chi connectivity index (χ0n) is 19.7. The predicted molar refractivity (Wildman–Crippen MR) is 142 cm³/mol. The number of hydrogen-bond donors (Lipinski definition) is 0. The van der Waals surface area contributed by atoms with Gasteiger partial charge >= 0.3 is 0 Å². The van der Waals surface area contributed by atoms with Crippen LogP contribution in [-0.2, 0) is 12.0 Å². The lowest BCUT2D eigenvalue weighted by Gasteiger charge is -2.18. The number of carbonyl (C=O) groups is 1. The van der Waals surface area contributed by atoms with E-state index >= 15 is 0 Å². The van der Waals surface area contributed by atoms with Crippen LogP contribution in [0.3, 0.4) is 0 Å². The van der Waals surface area contributed by atoms with Gasteiger partial charge in [0.15, 0.2) is 5.78 Å². The number of nitrogens with zero attached hydrogens (tertiary/aromatic N) is 1. The van der Waals surface area contributed by atoms with Crippen molar-refractivity contribution in [2.75, 3.05) is 0 Å². The summed E-state index contributed by atoms with van der Waals surface area (Å²) in [5, 5.41) is 0.609. The van der Waals surface area contributed by atoms with Crippen LogP contribution in [0.5, 0.6) is 0 Å². The van der Waals surface area contributed by atoms with Crippen molar-refractivity contribution in [2.24, 2.45) is 0 Å². The molecule has 0 saturated heterocycles. The third-order valence-electron chi connectivity index (χ3n) is 5.65. The molecule has 0 amide bonds. The third-order valence-corrected chi connectivity index (χ3v) is 6.96. The summed E-state index contributed by atoms with van der Waals surface area (Å²) >= 11 is 7.25. The molecule has 0 bridgehead atoms. The van der Waals surface area contributed by atoms with E-state index in [4.69, 9.17) is 11.6 Å². The Balaban J connectivity index is 1.80. The highest BCUT2D eigenvalue weighted by molar-refractivity contribution is 7.07. The number of rotatable bonds is 5. The Morgan fingerprint density at radius 3 is 2.20 bits per heavy atom. The van der Waals surface area contributed by atoms with Crippen molar-refractivity contribution in [3.63, 3.8) is 0 Å². The summed E-state index contributed by atoms with van der Waals surface area (Å²) in [7, 11) is 0. The lowest BCUT2D eigenvalue weighted by molar-refractivity contribution is 0.106. The minimum atomic E-state index is -0.342. The number of hydrogen-bond acceptors (Lipinski definition) is 3. The van der Waals surface area contributed by atoms with Crippen molar-refractivity contribution in [3.05, 3.63) is 125 Å². The highest BCUT2D eigenvalue weighted by Gasteiger charge is 2.14. The molecule has 0 aliphatic carbocycles. The molecule has 0 N–H and O–H groups in total. The van der Waals surface area contributed by atoms with E-state index in [0.717, 1.165) is 11.1 Å². The summed E-state index contributed by atoms with van der Waals surface area (Å²) in [6.07, 6.45) is 3.22. The van der Waals surface area contributed by atoms with Gasteiger partial charge in [0.1, 0.15) is 10.5 Å². The molecule has 3 nitrogen and oxygen atoms in total. The number of aromatic nitrogens is 1. The number of halogens is 2. The van der Waals surface area contributed by atoms with Crippen molar-refractivity contribution < 1.29 is 9.18 Å². The molecule has 0 radical (unpaired) electrons. The van der Waals surface area contributed by atoms with Crippen molar-refractivity contribution in [1.29, 1.82) is 0 Å². The van der Waals surface area contributed by atoms with Crippen LogP contribution in [-0.4, -0.2) is 10.4 Å². The topological polar surface area (TPSA) is 39.1 Å². The monoisotopic (exact) mass is 505 g/mol. The van der Waals surface area contributed by atoms with Crippen LogP contribution in [0.2, 0.25) is 5.02 Å². The minimum absolute atomic E-state index is 0.0107. The standard InChI is InChI=1S/C29H25ClFNO2S/c1-29(2,3)22-10-8-21(9-11-22)25(33)17-27-32(18-20-4-12-23(30)13-5-20)28(34)26(35-27)16-19-6-14-24(31)15-7-19/h4-17H,18H2,1-3H3/b26-16-,27-17-. The van der Waals surface area contributed by atoms with Gasteiger partial charge in [-0.05, 0) is 52.4 Å². The predicted octanol–water partition coefficient (Wildman–Crippen LogP) is 5.54. The van der Waals surface area contributed by atoms with E-state index in [2.05, 4.69) is 20.8 Å². The second-order valence-electron chi connectivity index (χ2n) is 9.35. The number of Topliss-reactive ketones (excluding diaryl/α,β-unsaturated/α-hetero) is 1. The van der Waals surface area contributed by atoms with Crippen molar-refractivity contribution in [3.8, 4) is 0 Å². The molecule has 35 heavy (non-hydrogen) atoms. The van der Waals surface area contributed by atoms with Crippen LogP contribution < -0.4 is 14.8 Å². The van der Waals surface area contributed by atoms with Crippen molar-refractivity contribution in [1.82, 2.24) is 4.57 Å². The molecule has 4 aromatic rings. The maximum atomic E-state index is 13.3. The summed E-state index contributed by atoms with van der Waals surface area (Å²) in [6.45, 7) is 6.66. The molecule has 0 saturated carbocycles. The summed E-state index contributed by atoms with van der Waals surface area (Å²) < 4.78 is 15.9. The Hall–Kier alpha value is -3.28. The molecular weight excluding hydrogens is 481 g/mol. The van der Waals surface area contributed by atoms with Crippen LogP contribution in [0.4, 0.5) is 4.39 Å². The molecular formula is C29H25ClFNO2S. The highest BCUT2D eigenvalue weighted by Crippen LogP contribution is 2.22. The second kappa shape index (κ2) is 10.1. The number of carbonyl (C=O) groups excluding carboxylic acids is 1. The zero-order valence-corrected chi connectivity index (χ0v) is 21.3. The molecule has 0 unspecified atom stereocenters. The van der Waals surface area contributed by atoms with Gasteiger partial charge in [0.25, 0.3) is 5.56 Å². The van der Waals surface area contributed by atoms with Gasteiger partial charge in [0.05, 0.1) is 11.1 Å². The quantitative estimate of drug-likeness (QED) is 0.334. The third kappa shape index (κ3) is 6.05. The lowest BCUT2D eigenvalue weighted by Crippen LogP contribution is -2.32. The van der Waals surface area contributed by atoms with Gasteiger partial charge in [-0.15, -0.1) is 11.3 Å². The van der Waals surface area contributed by atoms with E-state index in [9.17, 15) is 14.0 Å². The lowest BCUT2D eigenvalue weighted by atomic mass is 9.86. The SMILES string of the molecule is CC(C)(C)c1ccc(C(=O)/C=c2\s/c(=C\c3ccc(F)cc3)c(=O)n2Cc2ccc(Cl)cc2)cc1. The first-order valence-electron chi connectivity index (χ1n) is 11.2. The fourth-order valence-corrected chi connectivity index (χ4v) is 4.77. The first-order valence-corrected chi connectivity index (χ1v) is 12.4. The van der Waals surface area contributed by atoms with Gasteiger partial charge in [-0.1, -0.05) is 80.9 Å². The number of thiazole rings is 1. The zero-order chi connectivity index (χ0) is 25.2. The molecule has 0 fully saturated rings. The normalized spacial score (nSPS) is 12.8. The number of ketones is 1. The molecule has 1 aromatic heterocycles. The molecule has 0 aliphatic heterocycles. The van der Waals surface area contributed by atoms with Gasteiger partial charge in [-0.3, -0.25) is 14.2 Å². The van der Waals surface area contributed by atoms with E-state index in [1.807, 2.05) is 36.4 Å². The van der Waals surface area contributed by atoms with Gasteiger partial charge in [0.2, 0.25) is 0 Å². The average Bonchev–Trinajstić information content (AvgIpc) is 3.10. The Labute approximate surface area is 212 Å². The van der Waals surface area contributed by atoms with Gasteiger partial charge < -0.3 is 0 Å². The van der Waals surface area contributed by atoms with Crippen molar-refractivity contribution >= 4 is 40.9 Å². The van der Waals surface area contributed by atoms with E-state index < -0.39 is 0 Å². The Morgan fingerprint density at radius 2 is 1.60 bits per heavy atom. The van der Waals surface area contributed by atoms with Crippen LogP contribution >= 0.6 is 22.9 Å². The number of benzene rings is 3. The van der Waals surface area contributed by atoms with Crippen LogP contribution in [0.25, 0.3) is 12.2 Å². The maximum absolute atomic E-state index is 13.3. The summed E-state index contributed by atoms with van der Waals surface area (Å²) in [5.41, 5.74) is 3.07. The minimum Gasteiger partial charge on any atom is -0.294 e. The van der Waals surface area contributed by atoms with Crippen LogP contribution in [0.15, 0.2) is 77.6 Å². The van der Waals surface area contributed by atoms with Crippen molar-refractivity contribution in [2.45, 2.75) is 32.7 Å². The van der Waals surface area contributed by atoms with E-state index in [1.165, 1.54) is 29.5 Å². The van der Waals surface area contributed by atoms with Crippen LogP contribution in [0, 0.1) is 5.82 Å². The van der Waals surface area contributed by atoms with Gasteiger partial charge in [-0.2, -0.15) is 0 Å². The van der Waals surface area contributed by atoms with E-state index in [0.29, 0.717) is 31.9 Å². The molecule has 178 valence electrons. The molecule has 1 heterocycles. The second-order valence-corrected chi connectivity index (χ2v) is 10.9. The largest absolute Gasteiger partial charge is 0.294 e. The average molecular weight is 506 g/mol. The maximum Gasteiger partial charge on any atom is 0.269 e. The Kier molecular flexibility index (Phi) is 7.20. The summed E-state index contributed by atoms with van der Waals surface area (Å²) in [4.78, 5) is 26.4. The summed E-state index contributed by atoms with van der Waals surface area (Å²) in [5.74, 6) is -0.518. The van der Waals surface area contributed by atoms with E-state index in [1.54, 1.807) is 34.9 Å². The fraction of sp³-hybridized carbons (Fsp3) is 0.172. The smallest absolute Gasteiger partial charge is 0.269 e.